The molecule has 90 valence electrons. The van der Waals surface area contributed by atoms with Crippen molar-refractivity contribution in [2.24, 2.45) is 5.73 Å². The maximum Gasteiger partial charge on any atom is 0.0519 e. The van der Waals surface area contributed by atoms with E-state index >= 15 is 0 Å². The zero-order valence-corrected chi connectivity index (χ0v) is 12.1. The van der Waals surface area contributed by atoms with Crippen molar-refractivity contribution in [2.75, 3.05) is 11.9 Å². The van der Waals surface area contributed by atoms with Crippen LogP contribution in [-0.4, -0.2) is 7.05 Å². The number of rotatable bonds is 4. The maximum absolute atomic E-state index is 5.81. The predicted molar refractivity (Wildman–Crippen MR) is 78.5 cm³/mol. The van der Waals surface area contributed by atoms with Crippen LogP contribution in [0.25, 0.3) is 0 Å². The van der Waals surface area contributed by atoms with E-state index in [1.54, 1.807) is 11.3 Å². The summed E-state index contributed by atoms with van der Waals surface area (Å²) in [4.78, 5) is 3.59. The Morgan fingerprint density at radius 2 is 2.12 bits per heavy atom. The maximum atomic E-state index is 5.81. The van der Waals surface area contributed by atoms with Gasteiger partial charge in [-0.2, -0.15) is 0 Å². The lowest BCUT2D eigenvalue weighted by Gasteiger charge is -2.22. The molecule has 0 aliphatic rings. The molecule has 2 N–H and O–H groups in total. The Balaban J connectivity index is 2.24. The number of anilines is 1. The van der Waals surface area contributed by atoms with Gasteiger partial charge in [-0.25, -0.2) is 0 Å². The van der Waals surface area contributed by atoms with Crippen molar-refractivity contribution in [1.82, 2.24) is 0 Å². The minimum atomic E-state index is 0.547. The van der Waals surface area contributed by atoms with E-state index in [0.29, 0.717) is 6.54 Å². The van der Waals surface area contributed by atoms with E-state index in [-0.39, 0.29) is 0 Å². The molecule has 1 heterocycles. The van der Waals surface area contributed by atoms with Crippen molar-refractivity contribution in [3.63, 3.8) is 0 Å². The monoisotopic (exact) mass is 310 g/mol. The van der Waals surface area contributed by atoms with Gasteiger partial charge in [0.15, 0.2) is 0 Å². The van der Waals surface area contributed by atoms with Crippen LogP contribution in [0.2, 0.25) is 0 Å². The van der Waals surface area contributed by atoms with E-state index in [0.717, 1.165) is 16.6 Å². The summed E-state index contributed by atoms with van der Waals surface area (Å²) in [5.74, 6) is 0. The lowest BCUT2D eigenvalue weighted by atomic mass is 10.1. The summed E-state index contributed by atoms with van der Waals surface area (Å²) in [5, 5.41) is 2.11. The molecule has 2 nitrogen and oxygen atoms in total. The van der Waals surface area contributed by atoms with Gasteiger partial charge in [0, 0.05) is 34.2 Å². The first-order valence-electron chi connectivity index (χ1n) is 5.43. The number of hydrogen-bond acceptors (Lipinski definition) is 3. The molecule has 0 spiro atoms. The van der Waals surface area contributed by atoms with E-state index in [2.05, 4.69) is 51.5 Å². The standard InChI is InChI=1S/C13H15BrN2S/c1-16(9-10-4-3-7-17-10)13-6-2-5-12(14)11(13)8-15/h2-7H,8-9,15H2,1H3. The Hall–Kier alpha value is -0.840. The summed E-state index contributed by atoms with van der Waals surface area (Å²) in [6.07, 6.45) is 0. The summed E-state index contributed by atoms with van der Waals surface area (Å²) in [6, 6.07) is 10.4. The molecule has 0 fully saturated rings. The number of nitrogens with two attached hydrogens (primary N) is 1. The number of halogens is 1. The molecule has 0 atom stereocenters. The topological polar surface area (TPSA) is 29.3 Å². The summed E-state index contributed by atoms with van der Waals surface area (Å²) in [5.41, 5.74) is 8.16. The van der Waals surface area contributed by atoms with Gasteiger partial charge in [-0.1, -0.05) is 28.1 Å². The van der Waals surface area contributed by atoms with Crippen molar-refractivity contribution >= 4 is 33.0 Å². The van der Waals surface area contributed by atoms with Gasteiger partial charge in [0.05, 0.1) is 6.54 Å². The van der Waals surface area contributed by atoms with Crippen LogP contribution in [0.4, 0.5) is 5.69 Å². The highest BCUT2D eigenvalue weighted by Crippen LogP contribution is 2.28. The normalized spacial score (nSPS) is 10.5. The van der Waals surface area contributed by atoms with Crippen LogP contribution in [0.3, 0.4) is 0 Å². The third kappa shape index (κ3) is 2.89. The molecule has 0 unspecified atom stereocenters. The van der Waals surface area contributed by atoms with Gasteiger partial charge in [-0.3, -0.25) is 0 Å². The fourth-order valence-corrected chi connectivity index (χ4v) is 3.10. The van der Waals surface area contributed by atoms with Crippen LogP contribution in [-0.2, 0) is 13.1 Å². The van der Waals surface area contributed by atoms with Gasteiger partial charge in [0.1, 0.15) is 0 Å². The first-order chi connectivity index (χ1) is 8.22. The van der Waals surface area contributed by atoms with Gasteiger partial charge < -0.3 is 10.6 Å². The fraction of sp³-hybridized carbons (Fsp3) is 0.231. The largest absolute Gasteiger partial charge is 0.369 e. The van der Waals surface area contributed by atoms with Gasteiger partial charge >= 0.3 is 0 Å². The SMILES string of the molecule is CN(Cc1cccs1)c1cccc(Br)c1CN. The van der Waals surface area contributed by atoms with Gasteiger partial charge in [0.25, 0.3) is 0 Å². The van der Waals surface area contributed by atoms with Gasteiger partial charge in [-0.05, 0) is 23.6 Å². The summed E-state index contributed by atoms with van der Waals surface area (Å²) >= 11 is 5.33. The average molecular weight is 311 g/mol. The molecular formula is C13H15BrN2S. The van der Waals surface area contributed by atoms with Crippen LogP contribution < -0.4 is 10.6 Å². The average Bonchev–Trinajstić information content (AvgIpc) is 2.81. The van der Waals surface area contributed by atoms with Crippen LogP contribution in [0.1, 0.15) is 10.4 Å². The molecule has 4 heteroatoms. The Kier molecular flexibility index (Phi) is 4.20. The van der Waals surface area contributed by atoms with Crippen molar-refractivity contribution < 1.29 is 0 Å². The highest BCUT2D eigenvalue weighted by atomic mass is 79.9. The molecule has 2 rings (SSSR count). The first kappa shape index (κ1) is 12.6. The van der Waals surface area contributed by atoms with Crippen LogP contribution in [0.5, 0.6) is 0 Å². The smallest absolute Gasteiger partial charge is 0.0519 e. The number of thiophene rings is 1. The van der Waals surface area contributed by atoms with Crippen molar-refractivity contribution in [3.05, 3.63) is 50.6 Å². The number of nitrogens with zero attached hydrogens (tertiary/aromatic N) is 1. The minimum absolute atomic E-state index is 0.547. The predicted octanol–water partition coefficient (Wildman–Crippen LogP) is 3.61. The molecular weight excluding hydrogens is 296 g/mol. The van der Waals surface area contributed by atoms with E-state index in [4.69, 9.17) is 5.73 Å². The summed E-state index contributed by atoms with van der Waals surface area (Å²) < 4.78 is 1.08. The molecule has 0 aliphatic carbocycles. The van der Waals surface area contributed by atoms with Gasteiger partial charge in [0.2, 0.25) is 0 Å². The molecule has 0 radical (unpaired) electrons. The molecule has 1 aromatic heterocycles. The Bertz CT molecular complexity index is 482. The van der Waals surface area contributed by atoms with Crippen molar-refractivity contribution in [1.29, 1.82) is 0 Å². The first-order valence-corrected chi connectivity index (χ1v) is 7.10. The Labute approximate surface area is 114 Å². The Morgan fingerprint density at radius 1 is 1.29 bits per heavy atom. The van der Waals surface area contributed by atoms with Crippen molar-refractivity contribution in [2.45, 2.75) is 13.1 Å². The van der Waals surface area contributed by atoms with E-state index in [9.17, 15) is 0 Å². The third-order valence-electron chi connectivity index (χ3n) is 2.68. The van der Waals surface area contributed by atoms with E-state index in [1.807, 2.05) is 12.1 Å². The Morgan fingerprint density at radius 3 is 2.76 bits per heavy atom. The summed E-state index contributed by atoms with van der Waals surface area (Å²) in [7, 11) is 2.10. The highest BCUT2D eigenvalue weighted by molar-refractivity contribution is 9.10. The lowest BCUT2D eigenvalue weighted by molar-refractivity contribution is 0.915. The zero-order chi connectivity index (χ0) is 12.3. The second kappa shape index (κ2) is 5.67. The number of hydrogen-bond donors (Lipinski definition) is 1. The minimum Gasteiger partial charge on any atom is -0.369 e. The van der Waals surface area contributed by atoms with E-state index in [1.165, 1.54) is 10.6 Å². The number of benzene rings is 1. The molecule has 0 saturated heterocycles. The highest BCUT2D eigenvalue weighted by Gasteiger charge is 2.09. The quantitative estimate of drug-likeness (QED) is 0.935. The second-order valence-corrected chi connectivity index (χ2v) is 5.76. The van der Waals surface area contributed by atoms with E-state index < -0.39 is 0 Å². The molecule has 0 saturated carbocycles. The second-order valence-electron chi connectivity index (χ2n) is 3.88. The molecule has 0 aliphatic heterocycles. The van der Waals surface area contributed by atoms with Gasteiger partial charge in [-0.15, -0.1) is 11.3 Å². The molecule has 0 amide bonds. The molecule has 0 bridgehead atoms. The zero-order valence-electron chi connectivity index (χ0n) is 9.69. The van der Waals surface area contributed by atoms with Crippen LogP contribution in [0, 0.1) is 0 Å². The molecule has 1 aromatic carbocycles. The fourth-order valence-electron chi connectivity index (χ4n) is 1.83. The molecule has 2 aromatic rings. The third-order valence-corrected chi connectivity index (χ3v) is 4.29. The summed E-state index contributed by atoms with van der Waals surface area (Å²) in [6.45, 7) is 1.46. The van der Waals surface area contributed by atoms with Crippen LogP contribution >= 0.6 is 27.3 Å². The lowest BCUT2D eigenvalue weighted by Crippen LogP contribution is -2.18. The van der Waals surface area contributed by atoms with Crippen molar-refractivity contribution in [3.8, 4) is 0 Å². The van der Waals surface area contributed by atoms with Crippen LogP contribution in [0.15, 0.2) is 40.2 Å². The molecule has 17 heavy (non-hydrogen) atoms.